The molecule has 0 aliphatic rings. The van der Waals surface area contributed by atoms with E-state index in [0.717, 1.165) is 16.8 Å². The van der Waals surface area contributed by atoms with Gasteiger partial charge >= 0.3 is 5.97 Å². The molecule has 0 amide bonds. The largest absolute Gasteiger partial charge is 0.479 e. The van der Waals surface area contributed by atoms with Crippen molar-refractivity contribution in [3.63, 3.8) is 0 Å². The summed E-state index contributed by atoms with van der Waals surface area (Å²) < 4.78 is 0. The second-order valence-electron chi connectivity index (χ2n) is 3.13. The van der Waals surface area contributed by atoms with Gasteiger partial charge in [-0.1, -0.05) is 0 Å². The third-order valence-electron chi connectivity index (χ3n) is 2.12. The summed E-state index contributed by atoms with van der Waals surface area (Å²) in [5.41, 5.74) is 2.78. The fourth-order valence-electron chi connectivity index (χ4n) is 1.28. The van der Waals surface area contributed by atoms with Crippen LogP contribution in [-0.4, -0.2) is 27.3 Å². The number of aromatic amines is 1. The highest BCUT2D eigenvalue weighted by Crippen LogP contribution is 2.14. The molecule has 1 aromatic heterocycles. The summed E-state index contributed by atoms with van der Waals surface area (Å²) in [6, 6.07) is 0. The van der Waals surface area contributed by atoms with E-state index in [1.807, 2.05) is 13.8 Å². The lowest BCUT2D eigenvalue weighted by atomic mass is 10.1. The van der Waals surface area contributed by atoms with Crippen LogP contribution in [0.25, 0.3) is 0 Å². The smallest absolute Gasteiger partial charge is 0.332 e. The maximum absolute atomic E-state index is 10.4. The van der Waals surface area contributed by atoms with Gasteiger partial charge in [-0.3, -0.25) is 0 Å². The standard InChI is InChI=1S/C9H13NO3/c1-5-4-10-6(2)7(5)3-8(11)9(12)13/h4,8,10-11H,3H2,1-2H3,(H,12,13). The third kappa shape index (κ3) is 2.09. The fraction of sp³-hybridized carbons (Fsp3) is 0.444. The Hall–Kier alpha value is -1.29. The first-order valence-electron chi connectivity index (χ1n) is 4.06. The molecule has 0 aromatic carbocycles. The van der Waals surface area contributed by atoms with Crippen LogP contribution in [0.15, 0.2) is 6.20 Å². The van der Waals surface area contributed by atoms with Crippen LogP contribution in [0.4, 0.5) is 0 Å². The van der Waals surface area contributed by atoms with E-state index in [0.29, 0.717) is 0 Å². The van der Waals surface area contributed by atoms with Gasteiger partial charge in [-0.25, -0.2) is 4.79 Å². The Bertz CT molecular complexity index is 297. The number of H-pyrrole nitrogens is 1. The van der Waals surface area contributed by atoms with Crippen molar-refractivity contribution >= 4 is 5.97 Å². The van der Waals surface area contributed by atoms with Crippen LogP contribution in [0.2, 0.25) is 0 Å². The molecule has 13 heavy (non-hydrogen) atoms. The van der Waals surface area contributed by atoms with Gasteiger partial charge in [0.2, 0.25) is 0 Å². The molecule has 0 aliphatic carbocycles. The summed E-state index contributed by atoms with van der Waals surface area (Å²) in [4.78, 5) is 13.4. The topological polar surface area (TPSA) is 73.3 Å². The van der Waals surface area contributed by atoms with Crippen LogP contribution >= 0.6 is 0 Å². The van der Waals surface area contributed by atoms with Crippen LogP contribution in [0.3, 0.4) is 0 Å². The van der Waals surface area contributed by atoms with E-state index in [2.05, 4.69) is 4.98 Å². The van der Waals surface area contributed by atoms with Crippen molar-refractivity contribution in [3.05, 3.63) is 23.0 Å². The highest BCUT2D eigenvalue weighted by Gasteiger charge is 2.16. The van der Waals surface area contributed by atoms with Crippen molar-refractivity contribution in [2.45, 2.75) is 26.4 Å². The average molecular weight is 183 g/mol. The van der Waals surface area contributed by atoms with Gasteiger partial charge in [-0.2, -0.15) is 0 Å². The molecule has 4 nitrogen and oxygen atoms in total. The van der Waals surface area contributed by atoms with Gasteiger partial charge in [-0.05, 0) is 25.0 Å². The van der Waals surface area contributed by atoms with Crippen LogP contribution in [0.1, 0.15) is 16.8 Å². The van der Waals surface area contributed by atoms with Gasteiger partial charge in [0.15, 0.2) is 6.10 Å². The molecular formula is C9H13NO3. The number of aromatic nitrogens is 1. The van der Waals surface area contributed by atoms with Gasteiger partial charge in [0, 0.05) is 18.3 Å². The van der Waals surface area contributed by atoms with E-state index in [9.17, 15) is 4.79 Å². The lowest BCUT2D eigenvalue weighted by Gasteiger charge is -2.05. The zero-order chi connectivity index (χ0) is 10.0. The van der Waals surface area contributed by atoms with E-state index in [-0.39, 0.29) is 6.42 Å². The van der Waals surface area contributed by atoms with Crippen LogP contribution < -0.4 is 0 Å². The second-order valence-corrected chi connectivity index (χ2v) is 3.13. The Balaban J connectivity index is 2.79. The first kappa shape index (κ1) is 9.80. The SMILES string of the molecule is Cc1c[nH]c(C)c1CC(O)C(=O)O. The lowest BCUT2D eigenvalue weighted by molar-refractivity contribution is -0.146. The monoisotopic (exact) mass is 183 g/mol. The van der Waals surface area contributed by atoms with Crippen LogP contribution in [0.5, 0.6) is 0 Å². The quantitative estimate of drug-likeness (QED) is 0.643. The Kier molecular flexibility index (Phi) is 2.72. The average Bonchev–Trinajstić information content (AvgIpc) is 2.35. The molecular weight excluding hydrogens is 170 g/mol. The molecule has 0 aliphatic heterocycles. The van der Waals surface area contributed by atoms with Gasteiger partial charge in [0.25, 0.3) is 0 Å². The summed E-state index contributed by atoms with van der Waals surface area (Å²) in [7, 11) is 0. The number of aliphatic hydroxyl groups is 1. The summed E-state index contributed by atoms with van der Waals surface area (Å²) in [5.74, 6) is -1.18. The molecule has 0 saturated heterocycles. The highest BCUT2D eigenvalue weighted by atomic mass is 16.4. The Labute approximate surface area is 76.2 Å². The van der Waals surface area contributed by atoms with E-state index >= 15 is 0 Å². The predicted molar refractivity (Wildman–Crippen MR) is 47.6 cm³/mol. The molecule has 0 radical (unpaired) electrons. The van der Waals surface area contributed by atoms with Gasteiger partial charge in [0.05, 0.1) is 0 Å². The number of rotatable bonds is 3. The number of aryl methyl sites for hydroxylation is 2. The number of carboxylic acids is 1. The van der Waals surface area contributed by atoms with Crippen LogP contribution in [-0.2, 0) is 11.2 Å². The molecule has 1 heterocycles. The minimum atomic E-state index is -1.31. The van der Waals surface area contributed by atoms with Crippen molar-refractivity contribution in [1.29, 1.82) is 0 Å². The predicted octanol–water partition coefficient (Wildman–Crippen LogP) is 0.620. The first-order chi connectivity index (χ1) is 6.02. The van der Waals surface area contributed by atoms with Crippen molar-refractivity contribution in [2.75, 3.05) is 0 Å². The maximum atomic E-state index is 10.4. The summed E-state index contributed by atoms with van der Waals surface area (Å²) >= 11 is 0. The number of aliphatic hydroxyl groups excluding tert-OH is 1. The van der Waals surface area contributed by atoms with E-state index in [1.165, 1.54) is 0 Å². The minimum Gasteiger partial charge on any atom is -0.479 e. The number of nitrogens with one attached hydrogen (secondary N) is 1. The first-order valence-corrected chi connectivity index (χ1v) is 4.06. The number of hydrogen-bond donors (Lipinski definition) is 3. The van der Waals surface area contributed by atoms with Gasteiger partial charge in [0.1, 0.15) is 0 Å². The van der Waals surface area contributed by atoms with Gasteiger partial charge < -0.3 is 15.2 Å². The molecule has 1 unspecified atom stereocenters. The zero-order valence-corrected chi connectivity index (χ0v) is 7.66. The number of carbonyl (C=O) groups is 1. The van der Waals surface area contributed by atoms with Crippen LogP contribution in [0, 0.1) is 13.8 Å². The highest BCUT2D eigenvalue weighted by molar-refractivity contribution is 5.72. The molecule has 1 aromatic rings. The maximum Gasteiger partial charge on any atom is 0.332 e. The molecule has 3 N–H and O–H groups in total. The second kappa shape index (κ2) is 3.62. The molecule has 0 saturated carbocycles. The summed E-state index contributed by atoms with van der Waals surface area (Å²) in [6.07, 6.45) is 0.656. The Morgan fingerprint density at radius 3 is 2.62 bits per heavy atom. The molecule has 72 valence electrons. The third-order valence-corrected chi connectivity index (χ3v) is 2.12. The fourth-order valence-corrected chi connectivity index (χ4v) is 1.28. The van der Waals surface area contributed by atoms with Crippen molar-refractivity contribution < 1.29 is 15.0 Å². The molecule has 0 spiro atoms. The molecule has 1 rings (SSSR count). The normalized spacial score (nSPS) is 12.8. The number of aliphatic carboxylic acids is 1. The summed E-state index contributed by atoms with van der Waals surface area (Å²) in [6.45, 7) is 3.74. The van der Waals surface area contributed by atoms with E-state index in [4.69, 9.17) is 10.2 Å². The Morgan fingerprint density at radius 1 is 1.62 bits per heavy atom. The molecule has 0 bridgehead atoms. The summed E-state index contributed by atoms with van der Waals surface area (Å²) in [5, 5.41) is 17.6. The van der Waals surface area contributed by atoms with Crippen molar-refractivity contribution in [2.24, 2.45) is 0 Å². The van der Waals surface area contributed by atoms with Gasteiger partial charge in [-0.15, -0.1) is 0 Å². The molecule has 0 fully saturated rings. The lowest BCUT2D eigenvalue weighted by Crippen LogP contribution is -2.22. The Morgan fingerprint density at radius 2 is 2.23 bits per heavy atom. The zero-order valence-electron chi connectivity index (χ0n) is 7.66. The van der Waals surface area contributed by atoms with Crippen molar-refractivity contribution in [3.8, 4) is 0 Å². The van der Waals surface area contributed by atoms with E-state index < -0.39 is 12.1 Å². The molecule has 1 atom stereocenters. The minimum absolute atomic E-state index is 0.163. The molecule has 4 heteroatoms. The van der Waals surface area contributed by atoms with Crippen molar-refractivity contribution in [1.82, 2.24) is 4.98 Å². The number of hydrogen-bond acceptors (Lipinski definition) is 2. The van der Waals surface area contributed by atoms with E-state index in [1.54, 1.807) is 6.20 Å². The number of carboxylic acid groups (broad SMARTS) is 1.